The van der Waals surface area contributed by atoms with E-state index >= 15 is 0 Å². The number of hydrogen-bond donors (Lipinski definition) is 0. The Balaban J connectivity index is 1.31. The molecule has 4 unspecified atom stereocenters. The fourth-order valence-electron chi connectivity index (χ4n) is 7.94. The molecule has 2 heteroatoms. The van der Waals surface area contributed by atoms with Gasteiger partial charge in [-0.1, -0.05) is 71.6 Å². The van der Waals surface area contributed by atoms with Crippen molar-refractivity contribution in [3.05, 3.63) is 0 Å². The Labute approximate surface area is 186 Å². The lowest BCUT2D eigenvalue weighted by atomic mass is 9.82. The molecular weight excluding hydrogens is 368 g/mol. The van der Waals surface area contributed by atoms with Crippen molar-refractivity contribution in [1.82, 2.24) is 0 Å². The monoisotopic (exact) mass is 416 g/mol. The van der Waals surface area contributed by atoms with Crippen molar-refractivity contribution in [2.75, 3.05) is 0 Å². The molecular formula is C28H48O2. The van der Waals surface area contributed by atoms with Crippen molar-refractivity contribution >= 4 is 5.97 Å². The van der Waals surface area contributed by atoms with E-state index in [0.717, 1.165) is 61.2 Å². The van der Waals surface area contributed by atoms with Gasteiger partial charge in [0.2, 0.25) is 0 Å². The molecule has 4 fully saturated rings. The Bertz CT molecular complexity index is 479. The number of esters is 1. The lowest BCUT2D eigenvalue weighted by Gasteiger charge is -2.24. The van der Waals surface area contributed by atoms with Crippen LogP contribution >= 0.6 is 0 Å². The largest absolute Gasteiger partial charge is 0.462 e. The Morgan fingerprint density at radius 2 is 1.20 bits per heavy atom. The summed E-state index contributed by atoms with van der Waals surface area (Å²) in [7, 11) is 0. The second-order valence-electron chi connectivity index (χ2n) is 12.2. The zero-order valence-corrected chi connectivity index (χ0v) is 20.0. The number of fused-ring (bicyclic) bond motifs is 2. The van der Waals surface area contributed by atoms with Crippen LogP contribution in [-0.4, -0.2) is 12.1 Å². The van der Waals surface area contributed by atoms with Crippen LogP contribution in [0.5, 0.6) is 0 Å². The third-order valence-electron chi connectivity index (χ3n) is 9.33. The van der Waals surface area contributed by atoms with Crippen molar-refractivity contribution in [2.24, 2.45) is 41.4 Å². The highest BCUT2D eigenvalue weighted by atomic mass is 16.5. The molecule has 0 aromatic carbocycles. The van der Waals surface area contributed by atoms with Crippen molar-refractivity contribution in [1.29, 1.82) is 0 Å². The van der Waals surface area contributed by atoms with E-state index in [1.807, 2.05) is 0 Å². The molecule has 0 heterocycles. The smallest absolute Gasteiger partial charge is 0.306 e. The fourth-order valence-corrected chi connectivity index (χ4v) is 7.94. The SMILES string of the molecule is CC(C)CCCC(=O)OC(CC1CC2CCCCC2C1)CC1CC2CCCCC2C1. The molecule has 0 radical (unpaired) electrons. The van der Waals surface area contributed by atoms with E-state index in [2.05, 4.69) is 13.8 Å². The lowest BCUT2D eigenvalue weighted by Crippen LogP contribution is -2.23. The van der Waals surface area contributed by atoms with Crippen molar-refractivity contribution in [3.8, 4) is 0 Å². The molecule has 0 bridgehead atoms. The summed E-state index contributed by atoms with van der Waals surface area (Å²) in [5.41, 5.74) is 0. The standard InChI is InChI=1S/C28H48O2/c1-20(2)8-7-13-28(29)30-27(18-21-14-23-9-3-4-10-24(23)15-21)19-22-16-25-11-5-6-12-26(25)17-22/h20-27H,3-19H2,1-2H3. The van der Waals surface area contributed by atoms with Crippen LogP contribution in [0.3, 0.4) is 0 Å². The molecule has 2 nitrogen and oxygen atoms in total. The first-order valence-electron chi connectivity index (χ1n) is 13.8. The third kappa shape index (κ3) is 6.26. The van der Waals surface area contributed by atoms with Gasteiger partial charge >= 0.3 is 5.97 Å². The second-order valence-corrected chi connectivity index (χ2v) is 12.2. The molecule has 0 aliphatic heterocycles. The van der Waals surface area contributed by atoms with Crippen molar-refractivity contribution in [3.63, 3.8) is 0 Å². The van der Waals surface area contributed by atoms with Crippen LogP contribution in [0.15, 0.2) is 0 Å². The van der Waals surface area contributed by atoms with Crippen LogP contribution < -0.4 is 0 Å². The zero-order valence-electron chi connectivity index (χ0n) is 20.0. The molecule has 4 aliphatic rings. The van der Waals surface area contributed by atoms with Gasteiger partial charge in [0.25, 0.3) is 0 Å². The highest BCUT2D eigenvalue weighted by Gasteiger charge is 2.40. The molecule has 172 valence electrons. The van der Waals surface area contributed by atoms with E-state index in [1.54, 1.807) is 0 Å². The topological polar surface area (TPSA) is 26.3 Å². The van der Waals surface area contributed by atoms with Gasteiger partial charge in [0.1, 0.15) is 6.10 Å². The summed E-state index contributed by atoms with van der Waals surface area (Å²) in [5.74, 6) is 6.34. The predicted molar refractivity (Wildman–Crippen MR) is 124 cm³/mol. The molecule has 0 spiro atoms. The average Bonchev–Trinajstić information content (AvgIpc) is 3.30. The summed E-state index contributed by atoms with van der Waals surface area (Å²) >= 11 is 0. The Morgan fingerprint density at radius 1 is 0.767 bits per heavy atom. The first-order valence-corrected chi connectivity index (χ1v) is 13.8. The third-order valence-corrected chi connectivity index (χ3v) is 9.33. The van der Waals surface area contributed by atoms with E-state index in [-0.39, 0.29) is 12.1 Å². The molecule has 0 aromatic rings. The number of ether oxygens (including phenoxy) is 1. The van der Waals surface area contributed by atoms with Gasteiger partial charge in [-0.3, -0.25) is 4.79 Å². The maximum absolute atomic E-state index is 12.7. The lowest BCUT2D eigenvalue weighted by molar-refractivity contribution is -0.151. The summed E-state index contributed by atoms with van der Waals surface area (Å²) in [6.45, 7) is 4.49. The van der Waals surface area contributed by atoms with E-state index < -0.39 is 0 Å². The van der Waals surface area contributed by atoms with E-state index in [9.17, 15) is 4.79 Å². The molecule has 0 N–H and O–H groups in total. The zero-order chi connectivity index (χ0) is 20.9. The molecule has 4 rings (SSSR count). The Kier molecular flexibility index (Phi) is 8.20. The molecule has 0 saturated heterocycles. The van der Waals surface area contributed by atoms with Crippen LogP contribution in [0.1, 0.15) is 123 Å². The van der Waals surface area contributed by atoms with Gasteiger partial charge in [-0.25, -0.2) is 0 Å². The van der Waals surface area contributed by atoms with Gasteiger partial charge in [0.15, 0.2) is 0 Å². The van der Waals surface area contributed by atoms with Crippen LogP contribution in [0.2, 0.25) is 0 Å². The normalized spacial score (nSPS) is 37.0. The molecule has 0 amide bonds. The summed E-state index contributed by atoms with van der Waals surface area (Å²) < 4.78 is 6.22. The first kappa shape index (κ1) is 22.7. The molecule has 0 aromatic heterocycles. The number of carbonyl (C=O) groups is 1. The minimum atomic E-state index is 0.0893. The minimum absolute atomic E-state index is 0.0893. The summed E-state index contributed by atoms with van der Waals surface area (Å²) in [5, 5.41) is 0. The van der Waals surface area contributed by atoms with Crippen LogP contribution in [0, 0.1) is 41.4 Å². The Hall–Kier alpha value is -0.530. The van der Waals surface area contributed by atoms with E-state index in [4.69, 9.17) is 4.74 Å². The fraction of sp³-hybridized carbons (Fsp3) is 0.964. The first-order chi connectivity index (χ1) is 14.6. The van der Waals surface area contributed by atoms with Gasteiger partial charge in [-0.2, -0.15) is 0 Å². The summed E-state index contributed by atoms with van der Waals surface area (Å²) in [6, 6.07) is 0. The van der Waals surface area contributed by atoms with Crippen molar-refractivity contribution < 1.29 is 9.53 Å². The van der Waals surface area contributed by atoms with E-state index in [0.29, 0.717) is 12.3 Å². The van der Waals surface area contributed by atoms with Gasteiger partial charge in [-0.05, 0) is 86.4 Å². The maximum Gasteiger partial charge on any atom is 0.306 e. The molecule has 4 atom stereocenters. The van der Waals surface area contributed by atoms with Gasteiger partial charge in [0.05, 0.1) is 0 Å². The Morgan fingerprint density at radius 3 is 1.60 bits per heavy atom. The molecule has 4 aliphatic carbocycles. The van der Waals surface area contributed by atoms with Crippen LogP contribution in [-0.2, 0) is 9.53 Å². The summed E-state index contributed by atoms with van der Waals surface area (Å²) in [4.78, 5) is 12.7. The number of hydrogen-bond acceptors (Lipinski definition) is 2. The summed E-state index contributed by atoms with van der Waals surface area (Å²) in [6.07, 6.45) is 22.6. The minimum Gasteiger partial charge on any atom is -0.462 e. The second kappa shape index (κ2) is 10.9. The number of rotatable bonds is 9. The molecule has 4 saturated carbocycles. The van der Waals surface area contributed by atoms with Gasteiger partial charge in [0, 0.05) is 6.42 Å². The quantitative estimate of drug-likeness (QED) is 0.357. The number of carbonyl (C=O) groups excluding carboxylic acids is 1. The van der Waals surface area contributed by atoms with Gasteiger partial charge < -0.3 is 4.74 Å². The highest BCUT2D eigenvalue weighted by molar-refractivity contribution is 5.69. The van der Waals surface area contributed by atoms with Gasteiger partial charge in [-0.15, -0.1) is 0 Å². The van der Waals surface area contributed by atoms with E-state index in [1.165, 1.54) is 77.0 Å². The van der Waals surface area contributed by atoms with Crippen molar-refractivity contribution in [2.45, 2.75) is 129 Å². The predicted octanol–water partition coefficient (Wildman–Crippen LogP) is 7.94. The molecule has 30 heavy (non-hydrogen) atoms. The van der Waals surface area contributed by atoms with Crippen LogP contribution in [0.25, 0.3) is 0 Å². The van der Waals surface area contributed by atoms with Crippen LogP contribution in [0.4, 0.5) is 0 Å². The maximum atomic E-state index is 12.7. The average molecular weight is 417 g/mol. The highest BCUT2D eigenvalue weighted by Crippen LogP contribution is 2.49.